The van der Waals surface area contributed by atoms with Gasteiger partial charge >= 0.3 is 25.5 Å². The molecule has 98 valence electrons. The Labute approximate surface area is 94.8 Å². The van der Waals surface area contributed by atoms with E-state index in [4.69, 9.17) is 25.1 Å². The van der Waals surface area contributed by atoms with Crippen molar-refractivity contribution in [2.24, 2.45) is 0 Å². The van der Waals surface area contributed by atoms with Crippen LogP contribution in [0.3, 0.4) is 0 Å². The molecule has 0 heterocycles. The first-order valence-electron chi connectivity index (χ1n) is 4.25. The van der Waals surface area contributed by atoms with Crippen LogP contribution in [0.15, 0.2) is 0 Å². The molecule has 0 bridgehead atoms. The highest BCUT2D eigenvalue weighted by Crippen LogP contribution is 2.55. The standard InChI is InChI=1S/C7H11O9P/c8-4(9)1-2-7(6(12)13,3-5(10)11)17(14,15)16/h1-3H2,(H,8,9)(H,10,11)(H,12,13)(H2,14,15,16)/t7-/m0/s1. The second kappa shape index (κ2) is 5.26. The van der Waals surface area contributed by atoms with Crippen molar-refractivity contribution >= 4 is 25.5 Å². The SMILES string of the molecule is O=C(O)CC[C@](CC(=O)O)(C(=O)O)P(=O)(O)O. The van der Waals surface area contributed by atoms with E-state index in [2.05, 4.69) is 0 Å². The summed E-state index contributed by atoms with van der Waals surface area (Å²) in [7, 11) is -5.32. The molecule has 0 aromatic rings. The van der Waals surface area contributed by atoms with Gasteiger partial charge in [-0.1, -0.05) is 0 Å². The molecule has 0 amide bonds. The van der Waals surface area contributed by atoms with Crippen molar-refractivity contribution < 1.29 is 44.1 Å². The summed E-state index contributed by atoms with van der Waals surface area (Å²) in [6.45, 7) is 0. The van der Waals surface area contributed by atoms with E-state index < -0.39 is 49.9 Å². The molecule has 1 atom stereocenters. The molecular formula is C7H11O9P. The maximum Gasteiger partial charge on any atom is 0.343 e. The molecule has 10 heteroatoms. The zero-order valence-electron chi connectivity index (χ0n) is 8.44. The Morgan fingerprint density at radius 2 is 1.47 bits per heavy atom. The molecular weight excluding hydrogens is 259 g/mol. The van der Waals surface area contributed by atoms with Crippen LogP contribution in [0.2, 0.25) is 0 Å². The molecule has 17 heavy (non-hydrogen) atoms. The third kappa shape index (κ3) is 3.81. The van der Waals surface area contributed by atoms with Crippen LogP contribution in [-0.2, 0) is 18.9 Å². The van der Waals surface area contributed by atoms with Gasteiger partial charge < -0.3 is 25.1 Å². The third-order valence-corrected chi connectivity index (χ3v) is 3.84. The van der Waals surface area contributed by atoms with Crippen molar-refractivity contribution in [2.75, 3.05) is 0 Å². The van der Waals surface area contributed by atoms with Gasteiger partial charge in [0.25, 0.3) is 0 Å². The molecule has 0 saturated heterocycles. The predicted octanol–water partition coefficient (Wildman–Crippen LogP) is -0.673. The minimum Gasteiger partial charge on any atom is -0.481 e. The van der Waals surface area contributed by atoms with Crippen LogP contribution in [0.1, 0.15) is 19.3 Å². The van der Waals surface area contributed by atoms with Crippen LogP contribution < -0.4 is 0 Å². The maximum absolute atomic E-state index is 11.1. The van der Waals surface area contributed by atoms with Crippen LogP contribution >= 0.6 is 7.60 Å². The number of carbonyl (C=O) groups is 3. The zero-order chi connectivity index (χ0) is 13.9. The summed E-state index contributed by atoms with van der Waals surface area (Å²) >= 11 is 0. The molecule has 9 nitrogen and oxygen atoms in total. The predicted molar refractivity (Wildman–Crippen MR) is 51.5 cm³/mol. The smallest absolute Gasteiger partial charge is 0.343 e. The number of aliphatic carboxylic acids is 3. The van der Waals surface area contributed by atoms with Gasteiger partial charge in [-0.25, -0.2) is 0 Å². The van der Waals surface area contributed by atoms with Crippen molar-refractivity contribution in [2.45, 2.75) is 24.4 Å². The fourth-order valence-electron chi connectivity index (χ4n) is 1.21. The molecule has 0 unspecified atom stereocenters. The van der Waals surface area contributed by atoms with Crippen LogP contribution in [0, 0.1) is 0 Å². The molecule has 0 fully saturated rings. The number of rotatable bonds is 7. The first-order valence-corrected chi connectivity index (χ1v) is 5.87. The summed E-state index contributed by atoms with van der Waals surface area (Å²) in [6, 6.07) is 0. The fraction of sp³-hybridized carbons (Fsp3) is 0.571. The van der Waals surface area contributed by atoms with Gasteiger partial charge in [0.1, 0.15) is 0 Å². The quantitative estimate of drug-likeness (QED) is 0.376. The van der Waals surface area contributed by atoms with Crippen LogP contribution in [-0.4, -0.2) is 48.2 Å². The molecule has 0 rings (SSSR count). The third-order valence-electron chi connectivity index (χ3n) is 2.15. The monoisotopic (exact) mass is 270 g/mol. The highest BCUT2D eigenvalue weighted by molar-refractivity contribution is 7.54. The molecule has 0 spiro atoms. The normalized spacial score (nSPS) is 14.9. The molecule has 0 aromatic heterocycles. The zero-order valence-corrected chi connectivity index (χ0v) is 9.33. The summed E-state index contributed by atoms with van der Waals surface area (Å²) in [5.41, 5.74) is 0. The summed E-state index contributed by atoms with van der Waals surface area (Å²) in [4.78, 5) is 49.5. The second-order valence-electron chi connectivity index (χ2n) is 3.35. The summed E-state index contributed by atoms with van der Waals surface area (Å²) in [5, 5.41) is 22.7. The Hall–Kier alpha value is -1.44. The van der Waals surface area contributed by atoms with Gasteiger partial charge in [-0.15, -0.1) is 0 Å². The Kier molecular flexibility index (Phi) is 4.81. The summed E-state index contributed by atoms with van der Waals surface area (Å²) in [5.74, 6) is -5.25. The molecule has 0 aliphatic carbocycles. The summed E-state index contributed by atoms with van der Waals surface area (Å²) in [6.07, 6.45) is -3.17. The highest BCUT2D eigenvalue weighted by atomic mass is 31.2. The first kappa shape index (κ1) is 15.6. The number of hydrogen-bond donors (Lipinski definition) is 5. The Morgan fingerprint density at radius 1 is 1.00 bits per heavy atom. The van der Waals surface area contributed by atoms with Crippen molar-refractivity contribution in [3.8, 4) is 0 Å². The van der Waals surface area contributed by atoms with Crippen LogP contribution in [0.5, 0.6) is 0 Å². The average molecular weight is 270 g/mol. The lowest BCUT2D eigenvalue weighted by atomic mass is 9.98. The van der Waals surface area contributed by atoms with Crippen molar-refractivity contribution in [3.63, 3.8) is 0 Å². The lowest BCUT2D eigenvalue weighted by molar-refractivity contribution is -0.148. The van der Waals surface area contributed by atoms with Gasteiger partial charge in [-0.05, 0) is 6.42 Å². The average Bonchev–Trinajstić information content (AvgIpc) is 2.08. The highest BCUT2D eigenvalue weighted by Gasteiger charge is 2.55. The lowest BCUT2D eigenvalue weighted by Crippen LogP contribution is -2.41. The molecule has 0 aliphatic rings. The topological polar surface area (TPSA) is 169 Å². The Bertz CT molecular complexity index is 383. The number of carboxylic acids is 3. The largest absolute Gasteiger partial charge is 0.481 e. The van der Waals surface area contributed by atoms with Crippen LogP contribution in [0.25, 0.3) is 0 Å². The van der Waals surface area contributed by atoms with E-state index in [-0.39, 0.29) is 0 Å². The van der Waals surface area contributed by atoms with E-state index in [9.17, 15) is 18.9 Å². The number of hydrogen-bond acceptors (Lipinski definition) is 4. The number of carboxylic acid groups (broad SMARTS) is 3. The first-order chi connectivity index (χ1) is 7.53. The molecule has 5 N–H and O–H groups in total. The Morgan fingerprint density at radius 3 is 1.71 bits per heavy atom. The van der Waals surface area contributed by atoms with Crippen molar-refractivity contribution in [3.05, 3.63) is 0 Å². The molecule has 0 aromatic carbocycles. The van der Waals surface area contributed by atoms with Gasteiger partial charge in [-0.2, -0.15) is 0 Å². The van der Waals surface area contributed by atoms with Gasteiger partial charge in [0.05, 0.1) is 6.42 Å². The van der Waals surface area contributed by atoms with E-state index in [0.29, 0.717) is 0 Å². The molecule has 0 aliphatic heterocycles. The minimum absolute atomic E-state index is 0.856. The summed E-state index contributed by atoms with van der Waals surface area (Å²) < 4.78 is 11.1. The van der Waals surface area contributed by atoms with E-state index in [1.165, 1.54) is 0 Å². The van der Waals surface area contributed by atoms with Gasteiger partial charge in [-0.3, -0.25) is 18.9 Å². The lowest BCUT2D eigenvalue weighted by Gasteiger charge is -2.27. The fourth-order valence-corrected chi connectivity index (χ4v) is 2.20. The maximum atomic E-state index is 11.1. The van der Waals surface area contributed by atoms with Crippen molar-refractivity contribution in [1.29, 1.82) is 0 Å². The van der Waals surface area contributed by atoms with Gasteiger partial charge in [0.2, 0.25) is 0 Å². The van der Waals surface area contributed by atoms with E-state index in [0.717, 1.165) is 0 Å². The van der Waals surface area contributed by atoms with Gasteiger partial charge in [0, 0.05) is 6.42 Å². The van der Waals surface area contributed by atoms with E-state index >= 15 is 0 Å². The van der Waals surface area contributed by atoms with E-state index in [1.807, 2.05) is 0 Å². The van der Waals surface area contributed by atoms with E-state index in [1.54, 1.807) is 0 Å². The molecule has 0 saturated carbocycles. The van der Waals surface area contributed by atoms with Crippen LogP contribution in [0.4, 0.5) is 0 Å². The second-order valence-corrected chi connectivity index (χ2v) is 5.29. The molecule has 0 radical (unpaired) electrons. The van der Waals surface area contributed by atoms with Gasteiger partial charge in [0.15, 0.2) is 5.16 Å². The van der Waals surface area contributed by atoms with Crippen molar-refractivity contribution in [1.82, 2.24) is 0 Å². The minimum atomic E-state index is -5.32. The Balaban J connectivity index is 5.41.